The predicted molar refractivity (Wildman–Crippen MR) is 123 cm³/mol. The fourth-order valence-corrected chi connectivity index (χ4v) is 2.96. The summed E-state index contributed by atoms with van der Waals surface area (Å²) in [5.41, 5.74) is 0.498. The first-order chi connectivity index (χ1) is 16.4. The molecule has 0 fully saturated rings. The monoisotopic (exact) mass is 464 g/mol. The summed E-state index contributed by atoms with van der Waals surface area (Å²) >= 11 is 0. The number of carbonyl (C=O) groups excluding carboxylic acids is 3. The Morgan fingerprint density at radius 1 is 0.618 bits per heavy atom. The van der Waals surface area contributed by atoms with Gasteiger partial charge in [-0.25, -0.2) is 14.4 Å². The Hall–Kier alpha value is -4.33. The van der Waals surface area contributed by atoms with Gasteiger partial charge in [-0.1, -0.05) is 0 Å². The highest BCUT2D eigenvalue weighted by Gasteiger charge is 2.20. The van der Waals surface area contributed by atoms with Crippen molar-refractivity contribution in [1.82, 2.24) is 0 Å². The summed E-state index contributed by atoms with van der Waals surface area (Å²) in [5.74, 6) is -0.760. The molecule has 0 N–H and O–H groups in total. The molecule has 0 atom stereocenters. The van der Waals surface area contributed by atoms with Crippen LogP contribution in [-0.2, 0) is 4.74 Å². The molecule has 0 aliphatic heterocycles. The smallest absolute Gasteiger partial charge is 0.343 e. The Morgan fingerprint density at radius 3 is 1.56 bits per heavy atom. The molecule has 0 aliphatic carbocycles. The van der Waals surface area contributed by atoms with E-state index in [-0.39, 0.29) is 22.6 Å². The molecule has 0 bridgehead atoms. The maximum Gasteiger partial charge on any atom is 0.343 e. The first-order valence-electron chi connectivity index (χ1n) is 10.6. The van der Waals surface area contributed by atoms with Crippen LogP contribution in [0.4, 0.5) is 0 Å². The fourth-order valence-electron chi connectivity index (χ4n) is 2.96. The van der Waals surface area contributed by atoms with Crippen molar-refractivity contribution in [2.75, 3.05) is 20.3 Å². The fraction of sp³-hybridized carbons (Fsp3) is 0.192. The molecule has 3 aromatic carbocycles. The summed E-state index contributed by atoms with van der Waals surface area (Å²) in [6.45, 7) is 4.73. The zero-order valence-corrected chi connectivity index (χ0v) is 19.0. The molecule has 0 amide bonds. The van der Waals surface area contributed by atoms with Gasteiger partial charge in [0, 0.05) is 0 Å². The van der Waals surface area contributed by atoms with Gasteiger partial charge in [-0.2, -0.15) is 0 Å². The molecule has 3 rings (SSSR count). The second-order valence-corrected chi connectivity index (χ2v) is 6.84. The van der Waals surface area contributed by atoms with Crippen molar-refractivity contribution < 1.29 is 38.1 Å². The number of methoxy groups -OCH3 is 1. The third-order valence-electron chi connectivity index (χ3n) is 4.57. The van der Waals surface area contributed by atoms with Gasteiger partial charge < -0.3 is 23.7 Å². The van der Waals surface area contributed by atoms with E-state index in [2.05, 4.69) is 0 Å². The minimum Gasteiger partial charge on any atom is -0.494 e. The van der Waals surface area contributed by atoms with E-state index in [0.29, 0.717) is 30.3 Å². The highest BCUT2D eigenvalue weighted by atomic mass is 16.6. The highest BCUT2D eigenvalue weighted by Crippen LogP contribution is 2.27. The van der Waals surface area contributed by atoms with Crippen molar-refractivity contribution in [3.63, 3.8) is 0 Å². The molecule has 0 aliphatic rings. The number of hydrogen-bond acceptors (Lipinski definition) is 8. The van der Waals surface area contributed by atoms with Crippen molar-refractivity contribution >= 4 is 17.9 Å². The lowest BCUT2D eigenvalue weighted by molar-refractivity contribution is 0.0589. The van der Waals surface area contributed by atoms with Gasteiger partial charge in [-0.3, -0.25) is 0 Å². The Morgan fingerprint density at radius 2 is 1.09 bits per heavy atom. The average molecular weight is 464 g/mol. The summed E-state index contributed by atoms with van der Waals surface area (Å²) in [7, 11) is 1.19. The van der Waals surface area contributed by atoms with Gasteiger partial charge in [0.05, 0.1) is 31.5 Å². The van der Waals surface area contributed by atoms with Gasteiger partial charge >= 0.3 is 17.9 Å². The maximum atomic E-state index is 12.6. The molecule has 176 valence electrons. The predicted octanol–water partition coefficient (Wildman–Crippen LogP) is 4.71. The molecular weight excluding hydrogens is 440 g/mol. The number of hydrogen-bond donors (Lipinski definition) is 0. The second-order valence-electron chi connectivity index (χ2n) is 6.84. The van der Waals surface area contributed by atoms with Gasteiger partial charge in [0.25, 0.3) is 0 Å². The first kappa shape index (κ1) is 24.3. The molecular formula is C26H24O8. The van der Waals surface area contributed by atoms with E-state index in [1.165, 1.54) is 25.3 Å². The SMILES string of the molecule is CCOc1ccc(C(=O)Oc2ccc(OC(=O)c3ccc(OCC)cc3)c(C(=O)OC)c2)cc1. The van der Waals surface area contributed by atoms with E-state index < -0.39 is 17.9 Å². The molecule has 3 aromatic rings. The topological polar surface area (TPSA) is 97.4 Å². The number of rotatable bonds is 9. The Bertz CT molecular complexity index is 1150. The van der Waals surface area contributed by atoms with Crippen LogP contribution in [0.3, 0.4) is 0 Å². The number of carbonyl (C=O) groups is 3. The summed E-state index contributed by atoms with van der Waals surface area (Å²) in [5, 5.41) is 0. The molecule has 0 heterocycles. The number of esters is 3. The molecule has 0 spiro atoms. The van der Waals surface area contributed by atoms with Crippen LogP contribution in [0.15, 0.2) is 66.7 Å². The lowest BCUT2D eigenvalue weighted by Gasteiger charge is -2.12. The lowest BCUT2D eigenvalue weighted by atomic mass is 10.1. The van der Waals surface area contributed by atoms with Gasteiger partial charge in [-0.05, 0) is 80.6 Å². The van der Waals surface area contributed by atoms with Crippen LogP contribution in [0.25, 0.3) is 0 Å². The Kier molecular flexibility index (Phi) is 8.23. The molecule has 0 aromatic heterocycles. The third kappa shape index (κ3) is 6.13. The van der Waals surface area contributed by atoms with Crippen LogP contribution < -0.4 is 18.9 Å². The first-order valence-corrected chi connectivity index (χ1v) is 10.6. The van der Waals surface area contributed by atoms with Gasteiger partial charge in [0.1, 0.15) is 28.6 Å². The molecule has 0 saturated carbocycles. The number of ether oxygens (including phenoxy) is 5. The van der Waals surface area contributed by atoms with E-state index in [0.717, 1.165) is 0 Å². The standard InChI is InChI=1S/C26H24O8/c1-4-31-19-10-6-17(7-11-19)24(27)33-21-14-15-23(22(16-21)26(29)30-3)34-25(28)18-8-12-20(13-9-18)32-5-2/h6-16H,4-5H2,1-3H3. The lowest BCUT2D eigenvalue weighted by Crippen LogP contribution is -2.13. The van der Waals surface area contributed by atoms with Gasteiger partial charge in [0.2, 0.25) is 0 Å². The average Bonchev–Trinajstić information content (AvgIpc) is 2.85. The summed E-state index contributed by atoms with van der Waals surface area (Å²) < 4.78 is 26.3. The molecule has 0 unspecified atom stereocenters. The molecule has 0 saturated heterocycles. The zero-order chi connectivity index (χ0) is 24.5. The highest BCUT2D eigenvalue weighted by molar-refractivity contribution is 5.97. The summed E-state index contributed by atoms with van der Waals surface area (Å²) in [4.78, 5) is 37.3. The van der Waals surface area contributed by atoms with Crippen LogP contribution >= 0.6 is 0 Å². The summed E-state index contributed by atoms with van der Waals surface area (Å²) in [6.07, 6.45) is 0. The van der Waals surface area contributed by atoms with Crippen molar-refractivity contribution in [2.45, 2.75) is 13.8 Å². The minimum atomic E-state index is -0.756. The van der Waals surface area contributed by atoms with Gasteiger partial charge in [-0.15, -0.1) is 0 Å². The minimum absolute atomic E-state index is 0.0356. The maximum absolute atomic E-state index is 12.6. The van der Waals surface area contributed by atoms with Crippen LogP contribution in [0.2, 0.25) is 0 Å². The normalized spacial score (nSPS) is 10.2. The van der Waals surface area contributed by atoms with Gasteiger partial charge in [0.15, 0.2) is 0 Å². The molecule has 0 radical (unpaired) electrons. The zero-order valence-electron chi connectivity index (χ0n) is 19.0. The summed E-state index contributed by atoms with van der Waals surface area (Å²) in [6, 6.07) is 16.9. The van der Waals surface area contributed by atoms with Crippen LogP contribution in [0.1, 0.15) is 44.9 Å². The number of benzene rings is 3. The molecule has 34 heavy (non-hydrogen) atoms. The molecule has 8 nitrogen and oxygen atoms in total. The van der Waals surface area contributed by atoms with Crippen LogP contribution in [0.5, 0.6) is 23.0 Å². The van der Waals surface area contributed by atoms with E-state index in [1.54, 1.807) is 48.5 Å². The Labute approximate surface area is 197 Å². The molecule has 8 heteroatoms. The van der Waals surface area contributed by atoms with E-state index in [1.807, 2.05) is 13.8 Å². The van der Waals surface area contributed by atoms with Crippen LogP contribution in [0, 0.1) is 0 Å². The van der Waals surface area contributed by atoms with Crippen molar-refractivity contribution in [3.8, 4) is 23.0 Å². The van der Waals surface area contributed by atoms with Crippen molar-refractivity contribution in [1.29, 1.82) is 0 Å². The van der Waals surface area contributed by atoms with Crippen molar-refractivity contribution in [3.05, 3.63) is 83.4 Å². The Balaban J connectivity index is 1.77. The second kappa shape index (κ2) is 11.5. The van der Waals surface area contributed by atoms with E-state index >= 15 is 0 Å². The largest absolute Gasteiger partial charge is 0.494 e. The van der Waals surface area contributed by atoms with E-state index in [9.17, 15) is 14.4 Å². The van der Waals surface area contributed by atoms with E-state index in [4.69, 9.17) is 23.7 Å². The third-order valence-corrected chi connectivity index (χ3v) is 4.57. The quantitative estimate of drug-likeness (QED) is 0.332. The van der Waals surface area contributed by atoms with Crippen molar-refractivity contribution in [2.24, 2.45) is 0 Å². The van der Waals surface area contributed by atoms with Crippen LogP contribution in [-0.4, -0.2) is 38.2 Å².